The number of hydrogen-bond donors (Lipinski definition) is 2. The largest absolute Gasteiger partial charge is 0.478 e. The van der Waals surface area contributed by atoms with E-state index in [9.17, 15) is 9.59 Å². The van der Waals surface area contributed by atoms with Gasteiger partial charge >= 0.3 is 5.97 Å². The average molecular weight is 290 g/mol. The maximum atomic E-state index is 12.1. The van der Waals surface area contributed by atoms with E-state index < -0.39 is 11.9 Å². The van der Waals surface area contributed by atoms with Gasteiger partial charge in [0.05, 0.1) is 11.3 Å². The molecule has 0 atom stereocenters. The van der Waals surface area contributed by atoms with Crippen LogP contribution in [0.25, 0.3) is 0 Å². The molecule has 2 rings (SSSR count). The van der Waals surface area contributed by atoms with Crippen molar-refractivity contribution in [3.05, 3.63) is 64.2 Å². The molecule has 0 aliphatic rings. The van der Waals surface area contributed by atoms with Gasteiger partial charge in [-0.05, 0) is 36.8 Å². The van der Waals surface area contributed by atoms with Crippen molar-refractivity contribution in [1.29, 1.82) is 0 Å². The molecule has 4 nitrogen and oxygen atoms in total. The Morgan fingerprint density at radius 1 is 1.15 bits per heavy atom. The number of carbonyl (C=O) groups is 2. The van der Waals surface area contributed by atoms with Gasteiger partial charge in [0.1, 0.15) is 0 Å². The summed E-state index contributed by atoms with van der Waals surface area (Å²) in [6.07, 6.45) is 0. The maximum absolute atomic E-state index is 12.1. The molecule has 2 aromatic rings. The van der Waals surface area contributed by atoms with Crippen molar-refractivity contribution in [3.8, 4) is 0 Å². The number of aromatic carboxylic acids is 1. The van der Waals surface area contributed by atoms with Crippen molar-refractivity contribution in [1.82, 2.24) is 0 Å². The molecule has 0 fully saturated rings. The SMILES string of the molecule is Cc1ccc(C(=O)Nc2ccccc2C(=O)O)cc1Cl. The summed E-state index contributed by atoms with van der Waals surface area (Å²) in [4.78, 5) is 23.2. The van der Waals surface area contributed by atoms with Crippen LogP contribution in [-0.4, -0.2) is 17.0 Å². The highest BCUT2D eigenvalue weighted by atomic mass is 35.5. The third-order valence-electron chi connectivity index (χ3n) is 2.84. The summed E-state index contributed by atoms with van der Waals surface area (Å²) in [5.74, 6) is -1.50. The van der Waals surface area contributed by atoms with E-state index in [0.29, 0.717) is 10.6 Å². The maximum Gasteiger partial charge on any atom is 0.337 e. The first-order valence-electron chi connectivity index (χ1n) is 5.89. The topological polar surface area (TPSA) is 66.4 Å². The smallest absolute Gasteiger partial charge is 0.337 e. The third kappa shape index (κ3) is 2.97. The fourth-order valence-electron chi connectivity index (χ4n) is 1.71. The summed E-state index contributed by atoms with van der Waals surface area (Å²) in [5.41, 5.74) is 1.54. The molecule has 5 heteroatoms. The Hall–Kier alpha value is -2.33. The van der Waals surface area contributed by atoms with E-state index in [4.69, 9.17) is 16.7 Å². The third-order valence-corrected chi connectivity index (χ3v) is 3.25. The lowest BCUT2D eigenvalue weighted by Gasteiger charge is -2.09. The first-order chi connectivity index (χ1) is 9.49. The van der Waals surface area contributed by atoms with E-state index in [1.807, 2.05) is 6.92 Å². The minimum Gasteiger partial charge on any atom is -0.478 e. The summed E-state index contributed by atoms with van der Waals surface area (Å²) in [6, 6.07) is 11.2. The summed E-state index contributed by atoms with van der Waals surface area (Å²) in [7, 11) is 0. The molecular formula is C15H12ClNO3. The number of para-hydroxylation sites is 1. The van der Waals surface area contributed by atoms with E-state index in [0.717, 1.165) is 5.56 Å². The number of carbonyl (C=O) groups excluding carboxylic acids is 1. The van der Waals surface area contributed by atoms with Gasteiger partial charge in [-0.25, -0.2) is 4.79 Å². The molecule has 20 heavy (non-hydrogen) atoms. The molecular weight excluding hydrogens is 278 g/mol. The molecule has 1 amide bonds. The standard InChI is InChI=1S/C15H12ClNO3/c1-9-6-7-10(8-12(9)16)14(18)17-13-5-3-2-4-11(13)15(19)20/h2-8H,1H3,(H,17,18)(H,19,20). The highest BCUT2D eigenvalue weighted by Gasteiger charge is 2.13. The second-order valence-corrected chi connectivity index (χ2v) is 4.68. The molecule has 0 bridgehead atoms. The van der Waals surface area contributed by atoms with E-state index in [1.54, 1.807) is 30.3 Å². The molecule has 0 spiro atoms. The van der Waals surface area contributed by atoms with Crippen LogP contribution < -0.4 is 5.32 Å². The van der Waals surface area contributed by atoms with Gasteiger partial charge in [0, 0.05) is 10.6 Å². The highest BCUT2D eigenvalue weighted by molar-refractivity contribution is 6.31. The first-order valence-corrected chi connectivity index (χ1v) is 6.26. The molecule has 0 radical (unpaired) electrons. The number of amides is 1. The van der Waals surface area contributed by atoms with Crippen LogP contribution in [0.5, 0.6) is 0 Å². The van der Waals surface area contributed by atoms with Crippen molar-refractivity contribution in [2.24, 2.45) is 0 Å². The van der Waals surface area contributed by atoms with Crippen LogP contribution >= 0.6 is 11.6 Å². The number of aryl methyl sites for hydroxylation is 1. The lowest BCUT2D eigenvalue weighted by atomic mass is 10.1. The zero-order chi connectivity index (χ0) is 14.7. The minimum atomic E-state index is -1.09. The van der Waals surface area contributed by atoms with Gasteiger partial charge in [-0.15, -0.1) is 0 Å². The second kappa shape index (κ2) is 5.75. The summed E-state index contributed by atoms with van der Waals surface area (Å²) in [5, 5.41) is 12.1. The van der Waals surface area contributed by atoms with E-state index in [1.165, 1.54) is 12.1 Å². The quantitative estimate of drug-likeness (QED) is 0.907. The van der Waals surface area contributed by atoms with Crippen LogP contribution in [-0.2, 0) is 0 Å². The van der Waals surface area contributed by atoms with Gasteiger partial charge < -0.3 is 10.4 Å². The Morgan fingerprint density at radius 3 is 2.50 bits per heavy atom. The van der Waals surface area contributed by atoms with Gasteiger partial charge in [0.25, 0.3) is 5.91 Å². The number of benzene rings is 2. The van der Waals surface area contributed by atoms with Gasteiger partial charge in [-0.1, -0.05) is 29.8 Å². The van der Waals surface area contributed by atoms with E-state index >= 15 is 0 Å². The fraction of sp³-hybridized carbons (Fsp3) is 0.0667. The molecule has 0 aliphatic carbocycles. The molecule has 0 heterocycles. The van der Waals surface area contributed by atoms with Gasteiger partial charge in [0.15, 0.2) is 0 Å². The molecule has 0 aromatic heterocycles. The van der Waals surface area contributed by atoms with Crippen LogP contribution in [0.3, 0.4) is 0 Å². The van der Waals surface area contributed by atoms with Crippen molar-refractivity contribution >= 4 is 29.2 Å². The van der Waals surface area contributed by atoms with Crippen molar-refractivity contribution in [2.75, 3.05) is 5.32 Å². The number of carboxylic acids is 1. The van der Waals surface area contributed by atoms with Crippen molar-refractivity contribution < 1.29 is 14.7 Å². The summed E-state index contributed by atoms with van der Waals surface area (Å²) >= 11 is 5.97. The van der Waals surface area contributed by atoms with Crippen LogP contribution in [0.15, 0.2) is 42.5 Å². The molecule has 0 saturated heterocycles. The van der Waals surface area contributed by atoms with Crippen LogP contribution in [0.2, 0.25) is 5.02 Å². The van der Waals surface area contributed by atoms with Gasteiger partial charge in [-0.2, -0.15) is 0 Å². The van der Waals surface area contributed by atoms with Gasteiger partial charge in [0.2, 0.25) is 0 Å². The summed E-state index contributed by atoms with van der Waals surface area (Å²) < 4.78 is 0. The lowest BCUT2D eigenvalue weighted by Crippen LogP contribution is -2.14. The van der Waals surface area contributed by atoms with Gasteiger partial charge in [-0.3, -0.25) is 4.79 Å². The monoisotopic (exact) mass is 289 g/mol. The molecule has 0 saturated carbocycles. The van der Waals surface area contributed by atoms with E-state index in [-0.39, 0.29) is 11.3 Å². The lowest BCUT2D eigenvalue weighted by molar-refractivity contribution is 0.0698. The first kappa shape index (κ1) is 14.1. The van der Waals surface area contributed by atoms with Crippen LogP contribution in [0, 0.1) is 6.92 Å². The normalized spacial score (nSPS) is 10.1. The zero-order valence-electron chi connectivity index (χ0n) is 10.7. The number of hydrogen-bond acceptors (Lipinski definition) is 2. The molecule has 2 aromatic carbocycles. The zero-order valence-corrected chi connectivity index (χ0v) is 11.4. The number of nitrogens with one attached hydrogen (secondary N) is 1. The predicted octanol–water partition coefficient (Wildman–Crippen LogP) is 3.60. The Balaban J connectivity index is 2.28. The summed E-state index contributed by atoms with van der Waals surface area (Å²) in [6.45, 7) is 1.84. The second-order valence-electron chi connectivity index (χ2n) is 4.27. The number of carboxylic acid groups (broad SMARTS) is 1. The molecule has 0 unspecified atom stereocenters. The Labute approximate surface area is 121 Å². The van der Waals surface area contributed by atoms with Crippen LogP contribution in [0.4, 0.5) is 5.69 Å². The molecule has 102 valence electrons. The highest BCUT2D eigenvalue weighted by Crippen LogP contribution is 2.19. The Bertz CT molecular complexity index is 683. The van der Waals surface area contributed by atoms with E-state index in [2.05, 4.69) is 5.32 Å². The van der Waals surface area contributed by atoms with Crippen molar-refractivity contribution in [2.45, 2.75) is 6.92 Å². The van der Waals surface area contributed by atoms with Crippen LogP contribution in [0.1, 0.15) is 26.3 Å². The number of halogens is 1. The Kier molecular flexibility index (Phi) is 4.05. The fourth-order valence-corrected chi connectivity index (χ4v) is 1.89. The minimum absolute atomic E-state index is 0.0408. The average Bonchev–Trinajstić information content (AvgIpc) is 2.42. The molecule has 0 aliphatic heterocycles. The predicted molar refractivity (Wildman–Crippen MR) is 77.5 cm³/mol. The number of rotatable bonds is 3. The molecule has 2 N–H and O–H groups in total. The number of anilines is 1. The van der Waals surface area contributed by atoms with Crippen molar-refractivity contribution in [3.63, 3.8) is 0 Å². The Morgan fingerprint density at radius 2 is 1.85 bits per heavy atom.